The van der Waals surface area contributed by atoms with Crippen LogP contribution in [0.25, 0.3) is 0 Å². The van der Waals surface area contributed by atoms with Gasteiger partial charge in [-0.25, -0.2) is 0 Å². The SMILES string of the molecule is C=CCC(c1ccccc1)S(=O)(=O)O.O=C(O)CCC(=O)O. The Hall–Kier alpha value is -2.19. The molecular weight excluding hydrogens is 312 g/mol. The lowest BCUT2D eigenvalue weighted by atomic mass is 10.1. The molecule has 0 aliphatic rings. The first kappa shape index (κ1) is 19.8. The summed E-state index contributed by atoms with van der Waals surface area (Å²) in [6.07, 6.45) is 1.10. The first-order chi connectivity index (χ1) is 10.2. The van der Waals surface area contributed by atoms with Gasteiger partial charge in [0.25, 0.3) is 10.1 Å². The molecule has 3 N–H and O–H groups in total. The zero-order chi connectivity index (χ0) is 17.2. The molecule has 8 heteroatoms. The van der Waals surface area contributed by atoms with Gasteiger partial charge in [-0.15, -0.1) is 6.58 Å². The second kappa shape index (κ2) is 9.69. The highest BCUT2D eigenvalue weighted by Crippen LogP contribution is 2.24. The van der Waals surface area contributed by atoms with Gasteiger partial charge in [-0.3, -0.25) is 14.1 Å². The second-order valence-electron chi connectivity index (χ2n) is 4.23. The summed E-state index contributed by atoms with van der Waals surface area (Å²) in [5.74, 6) is -2.15. The van der Waals surface area contributed by atoms with Crippen molar-refractivity contribution in [3.05, 3.63) is 48.6 Å². The fourth-order valence-corrected chi connectivity index (χ4v) is 2.34. The monoisotopic (exact) mass is 330 g/mol. The summed E-state index contributed by atoms with van der Waals surface area (Å²) in [6.45, 7) is 3.46. The van der Waals surface area contributed by atoms with Crippen molar-refractivity contribution < 1.29 is 32.8 Å². The van der Waals surface area contributed by atoms with Crippen LogP contribution in [0.15, 0.2) is 43.0 Å². The highest BCUT2D eigenvalue weighted by Gasteiger charge is 2.22. The lowest BCUT2D eigenvalue weighted by molar-refractivity contribution is -0.143. The summed E-state index contributed by atoms with van der Waals surface area (Å²) >= 11 is 0. The summed E-state index contributed by atoms with van der Waals surface area (Å²) in [5, 5.41) is 14.9. The van der Waals surface area contributed by atoms with Crippen LogP contribution in [0.3, 0.4) is 0 Å². The third-order valence-electron chi connectivity index (χ3n) is 2.46. The normalized spacial score (nSPS) is 11.7. The summed E-state index contributed by atoms with van der Waals surface area (Å²) in [4.78, 5) is 19.3. The van der Waals surface area contributed by atoms with Gasteiger partial charge in [0.15, 0.2) is 0 Å². The minimum atomic E-state index is -4.05. The van der Waals surface area contributed by atoms with E-state index in [2.05, 4.69) is 6.58 Å². The standard InChI is InChI=1S/C10H12O3S.C4H6O4/c1-2-6-10(14(11,12)13)9-7-4-3-5-8-9;5-3(6)1-2-4(7)8/h2-5,7-8,10H,1,6H2,(H,11,12,13);1-2H2,(H,5,6)(H,7,8). The van der Waals surface area contributed by atoms with E-state index >= 15 is 0 Å². The fraction of sp³-hybridized carbons (Fsp3) is 0.286. The van der Waals surface area contributed by atoms with Gasteiger partial charge in [0, 0.05) is 0 Å². The molecule has 0 saturated heterocycles. The Kier molecular flexibility index (Phi) is 8.73. The van der Waals surface area contributed by atoms with E-state index in [9.17, 15) is 18.0 Å². The second-order valence-corrected chi connectivity index (χ2v) is 5.83. The van der Waals surface area contributed by atoms with Crippen LogP contribution in [0.1, 0.15) is 30.1 Å². The summed E-state index contributed by atoms with van der Waals surface area (Å²) in [7, 11) is -4.05. The van der Waals surface area contributed by atoms with Gasteiger partial charge in [0.2, 0.25) is 0 Å². The molecule has 1 rings (SSSR count). The highest BCUT2D eigenvalue weighted by molar-refractivity contribution is 7.86. The smallest absolute Gasteiger partial charge is 0.303 e. The molecule has 0 aliphatic carbocycles. The number of aliphatic carboxylic acids is 2. The number of allylic oxidation sites excluding steroid dienone is 1. The predicted molar refractivity (Wildman–Crippen MR) is 80.1 cm³/mol. The van der Waals surface area contributed by atoms with E-state index in [0.717, 1.165) is 0 Å². The number of hydrogen-bond acceptors (Lipinski definition) is 4. The maximum Gasteiger partial charge on any atom is 0.303 e. The third kappa shape index (κ3) is 8.88. The van der Waals surface area contributed by atoms with Gasteiger partial charge in [0.1, 0.15) is 5.25 Å². The molecule has 0 aliphatic heterocycles. The van der Waals surface area contributed by atoms with E-state index in [1.54, 1.807) is 30.3 Å². The van der Waals surface area contributed by atoms with Gasteiger partial charge in [-0.1, -0.05) is 36.4 Å². The van der Waals surface area contributed by atoms with Crippen LogP contribution in [-0.2, 0) is 19.7 Å². The minimum Gasteiger partial charge on any atom is -0.481 e. The molecule has 7 nitrogen and oxygen atoms in total. The molecular formula is C14H18O7S. The highest BCUT2D eigenvalue weighted by atomic mass is 32.2. The summed E-state index contributed by atoms with van der Waals surface area (Å²) in [5.41, 5.74) is 0.579. The zero-order valence-corrected chi connectivity index (χ0v) is 12.6. The molecule has 1 unspecified atom stereocenters. The number of benzene rings is 1. The first-order valence-corrected chi connectivity index (χ1v) is 7.74. The Labute approximate surface area is 128 Å². The maximum absolute atomic E-state index is 11.0. The lowest BCUT2D eigenvalue weighted by Gasteiger charge is -2.11. The van der Waals surface area contributed by atoms with Crippen LogP contribution >= 0.6 is 0 Å². The van der Waals surface area contributed by atoms with Crippen LogP contribution in [0.5, 0.6) is 0 Å². The molecule has 1 aromatic rings. The van der Waals surface area contributed by atoms with Crippen molar-refractivity contribution in [3.63, 3.8) is 0 Å². The third-order valence-corrected chi connectivity index (χ3v) is 3.65. The maximum atomic E-state index is 11.0. The zero-order valence-electron chi connectivity index (χ0n) is 11.8. The molecule has 0 saturated carbocycles. The van der Waals surface area contributed by atoms with Crippen molar-refractivity contribution in [1.82, 2.24) is 0 Å². The van der Waals surface area contributed by atoms with Gasteiger partial charge in [-0.05, 0) is 12.0 Å². The molecule has 22 heavy (non-hydrogen) atoms. The molecule has 0 radical (unpaired) electrons. The minimum absolute atomic E-state index is 0.211. The molecule has 1 aromatic carbocycles. The lowest BCUT2D eigenvalue weighted by Crippen LogP contribution is -2.11. The predicted octanol–water partition coefficient (Wildman–Crippen LogP) is 2.13. The Morgan fingerprint density at radius 3 is 1.86 bits per heavy atom. The number of carbonyl (C=O) groups is 2. The topological polar surface area (TPSA) is 129 Å². The average molecular weight is 330 g/mol. The quantitative estimate of drug-likeness (QED) is 0.516. The van der Waals surface area contributed by atoms with Gasteiger partial charge in [0.05, 0.1) is 12.8 Å². The number of hydrogen-bond donors (Lipinski definition) is 3. The van der Waals surface area contributed by atoms with Crippen molar-refractivity contribution in [2.24, 2.45) is 0 Å². The average Bonchev–Trinajstić information content (AvgIpc) is 2.43. The van der Waals surface area contributed by atoms with Crippen molar-refractivity contribution >= 4 is 22.1 Å². The van der Waals surface area contributed by atoms with Crippen molar-refractivity contribution in [2.45, 2.75) is 24.5 Å². The molecule has 0 heterocycles. The molecule has 0 spiro atoms. The Bertz CT molecular complexity index is 579. The Morgan fingerprint density at radius 1 is 1.09 bits per heavy atom. The van der Waals surface area contributed by atoms with E-state index in [1.165, 1.54) is 6.08 Å². The summed E-state index contributed by atoms with van der Waals surface area (Å²) < 4.78 is 31.0. The molecule has 0 fully saturated rings. The van der Waals surface area contributed by atoms with Crippen molar-refractivity contribution in [2.75, 3.05) is 0 Å². The van der Waals surface area contributed by atoms with Crippen LogP contribution in [0.2, 0.25) is 0 Å². The van der Waals surface area contributed by atoms with E-state index < -0.39 is 27.3 Å². The van der Waals surface area contributed by atoms with Crippen LogP contribution in [0.4, 0.5) is 0 Å². The van der Waals surface area contributed by atoms with Gasteiger partial charge < -0.3 is 10.2 Å². The number of carboxylic acid groups (broad SMARTS) is 2. The van der Waals surface area contributed by atoms with Crippen LogP contribution < -0.4 is 0 Å². The first-order valence-electron chi connectivity index (χ1n) is 6.24. The Balaban J connectivity index is 0.000000472. The number of rotatable bonds is 7. The number of carboxylic acids is 2. The van der Waals surface area contributed by atoms with Gasteiger partial charge >= 0.3 is 11.9 Å². The molecule has 0 bridgehead atoms. The van der Waals surface area contributed by atoms with E-state index in [-0.39, 0.29) is 19.3 Å². The Morgan fingerprint density at radius 2 is 1.55 bits per heavy atom. The molecule has 0 aromatic heterocycles. The molecule has 122 valence electrons. The fourth-order valence-electron chi connectivity index (χ4n) is 1.46. The van der Waals surface area contributed by atoms with Crippen molar-refractivity contribution in [1.29, 1.82) is 0 Å². The molecule has 1 atom stereocenters. The van der Waals surface area contributed by atoms with Crippen LogP contribution in [0, 0.1) is 0 Å². The van der Waals surface area contributed by atoms with Crippen molar-refractivity contribution in [3.8, 4) is 0 Å². The largest absolute Gasteiger partial charge is 0.481 e. The van der Waals surface area contributed by atoms with Gasteiger partial charge in [-0.2, -0.15) is 8.42 Å². The van der Waals surface area contributed by atoms with E-state index in [1.807, 2.05) is 0 Å². The van der Waals surface area contributed by atoms with E-state index in [4.69, 9.17) is 14.8 Å². The summed E-state index contributed by atoms with van der Waals surface area (Å²) in [6, 6.07) is 8.59. The van der Waals surface area contributed by atoms with E-state index in [0.29, 0.717) is 5.56 Å². The molecule has 0 amide bonds. The van der Waals surface area contributed by atoms with Crippen LogP contribution in [-0.4, -0.2) is 35.1 Å².